The van der Waals surface area contributed by atoms with Crippen LogP contribution in [0.4, 0.5) is 0 Å². The molecule has 0 amide bonds. The fourth-order valence-corrected chi connectivity index (χ4v) is 3.30. The van der Waals surface area contributed by atoms with Gasteiger partial charge in [0.2, 0.25) is 0 Å². The zero-order valence-electron chi connectivity index (χ0n) is 13.4. The van der Waals surface area contributed by atoms with Crippen molar-refractivity contribution < 1.29 is 19.4 Å². The van der Waals surface area contributed by atoms with Crippen LogP contribution >= 0.6 is 0 Å². The molecule has 0 bridgehead atoms. The van der Waals surface area contributed by atoms with Gasteiger partial charge in [-0.2, -0.15) is 0 Å². The maximum Gasteiger partial charge on any atom is 0.339 e. The number of rotatable bonds is 4. The lowest BCUT2D eigenvalue weighted by atomic mass is 9.79. The van der Waals surface area contributed by atoms with E-state index in [0.29, 0.717) is 5.56 Å². The second-order valence-corrected chi connectivity index (χ2v) is 6.19. The van der Waals surface area contributed by atoms with Gasteiger partial charge in [0, 0.05) is 0 Å². The van der Waals surface area contributed by atoms with E-state index in [0.717, 1.165) is 37.7 Å². The minimum absolute atomic E-state index is 0.155. The predicted molar refractivity (Wildman–Crippen MR) is 90.0 cm³/mol. The standard InChI is InChI=1S/C20H20O4/c21-18(22)15-9-11-16(12-10-15)19(23)24-20(13-5-2-6-14-20)17-7-3-1-4-8-17/h1,3-4,7-12H,2,5-6,13-14H2,(H,21,22). The van der Waals surface area contributed by atoms with Crippen molar-refractivity contribution in [3.63, 3.8) is 0 Å². The van der Waals surface area contributed by atoms with Crippen molar-refractivity contribution in [2.24, 2.45) is 0 Å². The number of carbonyl (C=O) groups excluding carboxylic acids is 1. The van der Waals surface area contributed by atoms with E-state index in [2.05, 4.69) is 0 Å². The van der Waals surface area contributed by atoms with Gasteiger partial charge in [0.25, 0.3) is 0 Å². The number of carboxylic acid groups (broad SMARTS) is 1. The van der Waals surface area contributed by atoms with Crippen molar-refractivity contribution in [3.8, 4) is 0 Å². The summed E-state index contributed by atoms with van der Waals surface area (Å²) < 4.78 is 5.97. The smallest absolute Gasteiger partial charge is 0.339 e. The maximum atomic E-state index is 12.6. The fraction of sp³-hybridized carbons (Fsp3) is 0.300. The number of carbonyl (C=O) groups is 2. The summed E-state index contributed by atoms with van der Waals surface area (Å²) in [6.45, 7) is 0. The van der Waals surface area contributed by atoms with Gasteiger partial charge in [-0.3, -0.25) is 0 Å². The van der Waals surface area contributed by atoms with Crippen LogP contribution in [0.2, 0.25) is 0 Å². The Kier molecular flexibility index (Phi) is 4.65. The molecule has 0 aliphatic heterocycles. The van der Waals surface area contributed by atoms with Gasteiger partial charge in [0.15, 0.2) is 0 Å². The molecule has 2 aromatic rings. The number of benzene rings is 2. The second-order valence-electron chi connectivity index (χ2n) is 6.19. The van der Waals surface area contributed by atoms with Gasteiger partial charge in [0.05, 0.1) is 11.1 Å². The average molecular weight is 324 g/mol. The van der Waals surface area contributed by atoms with Crippen molar-refractivity contribution in [2.45, 2.75) is 37.7 Å². The summed E-state index contributed by atoms with van der Waals surface area (Å²) in [5.41, 5.74) is 0.977. The molecule has 4 nitrogen and oxygen atoms in total. The third kappa shape index (κ3) is 3.32. The normalized spacial score (nSPS) is 16.3. The predicted octanol–water partition coefficient (Wildman–Crippen LogP) is 4.40. The summed E-state index contributed by atoms with van der Waals surface area (Å²) in [7, 11) is 0. The van der Waals surface area contributed by atoms with Crippen LogP contribution in [0, 0.1) is 0 Å². The van der Waals surface area contributed by atoms with Crippen LogP contribution in [0.15, 0.2) is 54.6 Å². The van der Waals surface area contributed by atoms with E-state index in [1.54, 1.807) is 0 Å². The topological polar surface area (TPSA) is 63.6 Å². The first-order chi connectivity index (χ1) is 11.6. The summed E-state index contributed by atoms with van der Waals surface area (Å²) in [5, 5.41) is 8.95. The minimum Gasteiger partial charge on any atom is -0.478 e. The van der Waals surface area contributed by atoms with Crippen LogP contribution in [0.25, 0.3) is 0 Å². The SMILES string of the molecule is O=C(O)c1ccc(C(=O)OC2(c3ccccc3)CCCCC2)cc1. The monoisotopic (exact) mass is 324 g/mol. The highest BCUT2D eigenvalue weighted by Crippen LogP contribution is 2.41. The summed E-state index contributed by atoms with van der Waals surface area (Å²) >= 11 is 0. The molecule has 0 radical (unpaired) electrons. The molecule has 0 unspecified atom stereocenters. The number of hydrogen-bond donors (Lipinski definition) is 1. The van der Waals surface area contributed by atoms with Crippen LogP contribution < -0.4 is 0 Å². The van der Waals surface area contributed by atoms with E-state index in [4.69, 9.17) is 9.84 Å². The van der Waals surface area contributed by atoms with Crippen LogP contribution in [0.1, 0.15) is 58.4 Å². The fourth-order valence-electron chi connectivity index (χ4n) is 3.30. The molecule has 0 atom stereocenters. The zero-order valence-corrected chi connectivity index (χ0v) is 13.4. The van der Waals surface area contributed by atoms with Gasteiger partial charge in [0.1, 0.15) is 5.60 Å². The number of carboxylic acids is 1. The third-order valence-electron chi connectivity index (χ3n) is 4.62. The average Bonchev–Trinajstić information content (AvgIpc) is 2.63. The molecule has 1 saturated carbocycles. The molecular weight excluding hydrogens is 304 g/mol. The molecule has 1 N–H and O–H groups in total. The molecule has 0 spiro atoms. The Morgan fingerprint density at radius 1 is 0.833 bits per heavy atom. The lowest BCUT2D eigenvalue weighted by molar-refractivity contribution is -0.0417. The van der Waals surface area contributed by atoms with E-state index in [-0.39, 0.29) is 5.56 Å². The Bertz CT molecular complexity index is 713. The lowest BCUT2D eigenvalue weighted by Gasteiger charge is -2.37. The van der Waals surface area contributed by atoms with Crippen LogP contribution in [-0.4, -0.2) is 17.0 Å². The Hall–Kier alpha value is -2.62. The number of hydrogen-bond acceptors (Lipinski definition) is 3. The van der Waals surface area contributed by atoms with Gasteiger partial charge >= 0.3 is 11.9 Å². The van der Waals surface area contributed by atoms with Gasteiger partial charge in [-0.15, -0.1) is 0 Å². The Morgan fingerprint density at radius 3 is 2.00 bits per heavy atom. The second kappa shape index (κ2) is 6.87. The lowest BCUT2D eigenvalue weighted by Crippen LogP contribution is -2.34. The van der Waals surface area contributed by atoms with Crippen molar-refractivity contribution in [3.05, 3.63) is 71.3 Å². The molecule has 1 aliphatic rings. The summed E-state index contributed by atoms with van der Waals surface area (Å²) in [6, 6.07) is 15.7. The Labute approximate surface area is 141 Å². The van der Waals surface area contributed by atoms with Gasteiger partial charge < -0.3 is 9.84 Å². The maximum absolute atomic E-state index is 12.6. The highest BCUT2D eigenvalue weighted by molar-refractivity contribution is 5.92. The number of ether oxygens (including phenoxy) is 1. The van der Waals surface area contributed by atoms with Crippen molar-refractivity contribution in [2.75, 3.05) is 0 Å². The quantitative estimate of drug-likeness (QED) is 0.847. The van der Waals surface area contributed by atoms with Gasteiger partial charge in [-0.1, -0.05) is 36.8 Å². The molecular formula is C20H20O4. The molecule has 124 valence electrons. The van der Waals surface area contributed by atoms with E-state index in [9.17, 15) is 9.59 Å². The van der Waals surface area contributed by atoms with Crippen LogP contribution in [-0.2, 0) is 10.3 Å². The van der Waals surface area contributed by atoms with Crippen LogP contribution in [0.3, 0.4) is 0 Å². The van der Waals surface area contributed by atoms with Crippen LogP contribution in [0.5, 0.6) is 0 Å². The largest absolute Gasteiger partial charge is 0.478 e. The first kappa shape index (κ1) is 16.2. The molecule has 1 aliphatic carbocycles. The molecule has 3 rings (SSSR count). The summed E-state index contributed by atoms with van der Waals surface area (Å²) in [4.78, 5) is 23.5. The highest BCUT2D eigenvalue weighted by atomic mass is 16.6. The van der Waals surface area contributed by atoms with Crippen molar-refractivity contribution in [1.29, 1.82) is 0 Å². The first-order valence-electron chi connectivity index (χ1n) is 8.23. The number of aromatic carboxylic acids is 1. The first-order valence-corrected chi connectivity index (χ1v) is 8.23. The molecule has 0 saturated heterocycles. The van der Waals surface area contributed by atoms with Crippen molar-refractivity contribution >= 4 is 11.9 Å². The molecule has 0 heterocycles. The van der Waals surface area contributed by atoms with Gasteiger partial charge in [-0.25, -0.2) is 9.59 Å². The van der Waals surface area contributed by atoms with E-state index in [1.807, 2.05) is 30.3 Å². The summed E-state index contributed by atoms with van der Waals surface area (Å²) in [6.07, 6.45) is 4.84. The molecule has 2 aromatic carbocycles. The van der Waals surface area contributed by atoms with Gasteiger partial charge in [-0.05, 0) is 55.5 Å². The summed E-state index contributed by atoms with van der Waals surface area (Å²) in [5.74, 6) is -1.42. The molecule has 24 heavy (non-hydrogen) atoms. The Balaban J connectivity index is 1.85. The Morgan fingerprint density at radius 2 is 1.42 bits per heavy atom. The van der Waals surface area contributed by atoms with Crippen molar-refractivity contribution in [1.82, 2.24) is 0 Å². The number of esters is 1. The zero-order chi connectivity index (χ0) is 17.0. The van der Waals surface area contributed by atoms with E-state index >= 15 is 0 Å². The van der Waals surface area contributed by atoms with E-state index < -0.39 is 17.5 Å². The molecule has 1 fully saturated rings. The molecule has 4 heteroatoms. The minimum atomic E-state index is -1.01. The highest BCUT2D eigenvalue weighted by Gasteiger charge is 2.37. The van der Waals surface area contributed by atoms with E-state index in [1.165, 1.54) is 24.3 Å². The molecule has 0 aromatic heterocycles. The third-order valence-corrected chi connectivity index (χ3v) is 4.62.